The molecule has 0 spiro atoms. The number of carbonyl (C=O) groups is 2. The van der Waals surface area contributed by atoms with Crippen molar-refractivity contribution < 1.29 is 18.8 Å². The Balaban J connectivity index is 1.27. The molecular formula is C26H22N4O4. The Morgan fingerprint density at radius 1 is 1.03 bits per heavy atom. The molecule has 1 aliphatic heterocycles. The van der Waals surface area contributed by atoms with Crippen molar-refractivity contribution in [3.63, 3.8) is 0 Å². The third-order valence-electron chi connectivity index (χ3n) is 5.71. The second kappa shape index (κ2) is 9.19. The third kappa shape index (κ3) is 4.38. The number of benzene rings is 3. The zero-order valence-corrected chi connectivity index (χ0v) is 18.5. The van der Waals surface area contributed by atoms with Crippen molar-refractivity contribution in [3.05, 3.63) is 78.9 Å². The fourth-order valence-corrected chi connectivity index (χ4v) is 3.91. The summed E-state index contributed by atoms with van der Waals surface area (Å²) < 4.78 is 10.6. The average molecular weight is 454 g/mol. The maximum atomic E-state index is 12.9. The summed E-state index contributed by atoms with van der Waals surface area (Å²) in [5.41, 5.74) is 2.88. The minimum absolute atomic E-state index is 0.0848. The zero-order valence-electron chi connectivity index (χ0n) is 18.5. The zero-order chi connectivity index (χ0) is 23.5. The van der Waals surface area contributed by atoms with Crippen LogP contribution in [0.4, 0.5) is 11.4 Å². The summed E-state index contributed by atoms with van der Waals surface area (Å²) in [6.07, 6.45) is 0.154. The summed E-state index contributed by atoms with van der Waals surface area (Å²) in [6.45, 7) is 0.320. The molecule has 3 aromatic carbocycles. The number of methoxy groups -OCH3 is 1. The minimum Gasteiger partial charge on any atom is -0.497 e. The predicted octanol–water partition coefficient (Wildman–Crippen LogP) is 4.40. The number of anilines is 2. The summed E-state index contributed by atoms with van der Waals surface area (Å²) >= 11 is 0. The van der Waals surface area contributed by atoms with Crippen LogP contribution in [0.2, 0.25) is 0 Å². The topological polar surface area (TPSA) is 97.6 Å². The SMILES string of the molecule is COc1ccc(N2C[C@@H](C(=O)Nc3cccc(-c4nc(-c5ccccc5)no4)c3)CC2=O)cc1. The second-order valence-electron chi connectivity index (χ2n) is 7.96. The summed E-state index contributed by atoms with van der Waals surface area (Å²) in [6, 6.07) is 24.0. The first-order chi connectivity index (χ1) is 16.6. The standard InChI is InChI=1S/C26H22N4O4/c1-33-22-12-10-21(11-13-22)30-16-19(15-23(30)31)25(32)27-20-9-5-8-18(14-20)26-28-24(29-34-26)17-6-3-2-4-7-17/h2-14,19H,15-16H2,1H3,(H,27,32)/t19-/m0/s1. The lowest BCUT2D eigenvalue weighted by atomic mass is 10.1. The molecule has 1 fully saturated rings. The van der Waals surface area contributed by atoms with Crippen LogP contribution in [0.1, 0.15) is 6.42 Å². The van der Waals surface area contributed by atoms with Crippen molar-refractivity contribution in [2.24, 2.45) is 5.92 Å². The van der Waals surface area contributed by atoms with E-state index < -0.39 is 5.92 Å². The Labute approximate surface area is 196 Å². The van der Waals surface area contributed by atoms with Crippen molar-refractivity contribution in [2.45, 2.75) is 6.42 Å². The van der Waals surface area contributed by atoms with Gasteiger partial charge in [-0.1, -0.05) is 41.6 Å². The summed E-state index contributed by atoms with van der Waals surface area (Å²) in [7, 11) is 1.59. The van der Waals surface area contributed by atoms with E-state index in [1.54, 1.807) is 42.3 Å². The number of hydrogen-bond donors (Lipinski definition) is 1. The number of aromatic nitrogens is 2. The van der Waals surface area contributed by atoms with Crippen LogP contribution >= 0.6 is 0 Å². The van der Waals surface area contributed by atoms with Crippen molar-refractivity contribution in [3.8, 4) is 28.6 Å². The highest BCUT2D eigenvalue weighted by molar-refractivity contribution is 6.03. The van der Waals surface area contributed by atoms with E-state index in [2.05, 4.69) is 15.5 Å². The molecule has 0 aliphatic carbocycles. The molecule has 170 valence electrons. The molecule has 8 nitrogen and oxygen atoms in total. The van der Waals surface area contributed by atoms with Gasteiger partial charge < -0.3 is 19.5 Å². The fraction of sp³-hybridized carbons (Fsp3) is 0.154. The Morgan fingerprint density at radius 3 is 2.56 bits per heavy atom. The Kier molecular flexibility index (Phi) is 5.78. The number of carbonyl (C=O) groups excluding carboxylic acids is 2. The quantitative estimate of drug-likeness (QED) is 0.464. The van der Waals surface area contributed by atoms with Crippen LogP contribution in [0, 0.1) is 5.92 Å². The molecule has 0 unspecified atom stereocenters. The van der Waals surface area contributed by atoms with Crippen molar-refractivity contribution in [1.29, 1.82) is 0 Å². The molecule has 4 aromatic rings. The van der Waals surface area contributed by atoms with Crippen LogP contribution in [0.3, 0.4) is 0 Å². The molecule has 1 aromatic heterocycles. The van der Waals surface area contributed by atoms with Crippen LogP contribution in [0.15, 0.2) is 83.4 Å². The van der Waals surface area contributed by atoms with Gasteiger partial charge in [-0.15, -0.1) is 0 Å². The molecular weight excluding hydrogens is 432 g/mol. The van der Waals surface area contributed by atoms with Gasteiger partial charge in [0.05, 0.1) is 13.0 Å². The maximum absolute atomic E-state index is 12.9. The number of nitrogens with zero attached hydrogens (tertiary/aromatic N) is 3. The first kappa shape index (κ1) is 21.4. The third-order valence-corrected chi connectivity index (χ3v) is 5.71. The number of rotatable bonds is 6. The highest BCUT2D eigenvalue weighted by atomic mass is 16.5. The number of ether oxygens (including phenoxy) is 1. The molecule has 1 aliphatic rings. The molecule has 1 N–H and O–H groups in total. The molecule has 0 saturated carbocycles. The molecule has 8 heteroatoms. The number of nitrogens with one attached hydrogen (secondary N) is 1. The van der Waals surface area contributed by atoms with Gasteiger partial charge in [-0.3, -0.25) is 9.59 Å². The summed E-state index contributed by atoms with van der Waals surface area (Å²) in [5.74, 6) is 0.813. The van der Waals surface area contributed by atoms with Crippen LogP contribution < -0.4 is 15.0 Å². The monoisotopic (exact) mass is 454 g/mol. The molecule has 0 radical (unpaired) electrons. The normalized spacial score (nSPS) is 15.4. The van der Waals surface area contributed by atoms with E-state index in [0.29, 0.717) is 35.3 Å². The van der Waals surface area contributed by atoms with E-state index in [4.69, 9.17) is 9.26 Å². The van der Waals surface area contributed by atoms with Gasteiger partial charge in [-0.25, -0.2) is 0 Å². The lowest BCUT2D eigenvalue weighted by molar-refractivity contribution is -0.122. The van der Waals surface area contributed by atoms with Gasteiger partial charge >= 0.3 is 0 Å². The number of hydrogen-bond acceptors (Lipinski definition) is 6. The summed E-state index contributed by atoms with van der Waals surface area (Å²) in [4.78, 5) is 31.5. The highest BCUT2D eigenvalue weighted by Crippen LogP contribution is 2.29. The number of amides is 2. The smallest absolute Gasteiger partial charge is 0.258 e. The van der Waals surface area contributed by atoms with E-state index in [1.165, 1.54) is 0 Å². The first-order valence-corrected chi connectivity index (χ1v) is 10.9. The van der Waals surface area contributed by atoms with Gasteiger partial charge in [0.2, 0.25) is 17.6 Å². The molecule has 34 heavy (non-hydrogen) atoms. The van der Waals surface area contributed by atoms with Gasteiger partial charge in [0.25, 0.3) is 5.89 Å². The molecule has 5 rings (SSSR count). The van der Waals surface area contributed by atoms with Crippen molar-refractivity contribution in [1.82, 2.24) is 10.1 Å². The molecule has 1 atom stereocenters. The van der Waals surface area contributed by atoms with Crippen LogP contribution in [0.25, 0.3) is 22.8 Å². The second-order valence-corrected chi connectivity index (χ2v) is 7.96. The lowest BCUT2D eigenvalue weighted by Crippen LogP contribution is -2.28. The molecule has 1 saturated heterocycles. The Bertz CT molecular complexity index is 1320. The van der Waals surface area contributed by atoms with Crippen molar-refractivity contribution in [2.75, 3.05) is 23.9 Å². The average Bonchev–Trinajstić information content (AvgIpc) is 3.52. The molecule has 2 heterocycles. The Morgan fingerprint density at radius 2 is 1.79 bits per heavy atom. The first-order valence-electron chi connectivity index (χ1n) is 10.9. The van der Waals surface area contributed by atoms with Gasteiger partial charge in [-0.2, -0.15) is 4.98 Å². The minimum atomic E-state index is -0.452. The van der Waals surface area contributed by atoms with Gasteiger partial charge in [0.15, 0.2) is 0 Å². The van der Waals surface area contributed by atoms with E-state index in [1.807, 2.05) is 48.5 Å². The highest BCUT2D eigenvalue weighted by Gasteiger charge is 2.35. The van der Waals surface area contributed by atoms with E-state index in [0.717, 1.165) is 11.3 Å². The largest absolute Gasteiger partial charge is 0.497 e. The van der Waals surface area contributed by atoms with E-state index >= 15 is 0 Å². The lowest BCUT2D eigenvalue weighted by Gasteiger charge is -2.17. The van der Waals surface area contributed by atoms with Crippen LogP contribution in [0.5, 0.6) is 5.75 Å². The predicted molar refractivity (Wildman–Crippen MR) is 127 cm³/mol. The van der Waals surface area contributed by atoms with Crippen LogP contribution in [-0.4, -0.2) is 35.6 Å². The fourth-order valence-electron chi connectivity index (χ4n) is 3.91. The summed E-state index contributed by atoms with van der Waals surface area (Å²) in [5, 5.41) is 6.96. The molecule has 2 amide bonds. The van der Waals surface area contributed by atoms with Crippen LogP contribution in [-0.2, 0) is 9.59 Å². The Hall–Kier alpha value is -4.46. The maximum Gasteiger partial charge on any atom is 0.258 e. The van der Waals surface area contributed by atoms with Gasteiger partial charge in [0.1, 0.15) is 5.75 Å². The molecule has 0 bridgehead atoms. The van der Waals surface area contributed by atoms with Gasteiger partial charge in [-0.05, 0) is 42.5 Å². The van der Waals surface area contributed by atoms with E-state index in [9.17, 15) is 9.59 Å². The van der Waals surface area contributed by atoms with E-state index in [-0.39, 0.29) is 18.2 Å². The van der Waals surface area contributed by atoms with Gasteiger partial charge in [0, 0.05) is 35.5 Å². The van der Waals surface area contributed by atoms with Crippen molar-refractivity contribution >= 4 is 23.2 Å².